The number of methoxy groups -OCH3 is 1. The van der Waals surface area contributed by atoms with E-state index in [1.807, 2.05) is 4.90 Å². The summed E-state index contributed by atoms with van der Waals surface area (Å²) in [5.74, 6) is 0.324. The van der Waals surface area contributed by atoms with Gasteiger partial charge in [-0.3, -0.25) is 4.79 Å². The maximum atomic E-state index is 12.8. The lowest BCUT2D eigenvalue weighted by Crippen LogP contribution is -3.14. The molecule has 0 aromatic carbocycles. The van der Waals surface area contributed by atoms with E-state index in [-0.39, 0.29) is 5.91 Å². The van der Waals surface area contributed by atoms with Gasteiger partial charge in [0.25, 0.3) is 5.91 Å². The zero-order valence-electron chi connectivity index (χ0n) is 13.1. The van der Waals surface area contributed by atoms with E-state index in [2.05, 4.69) is 13.8 Å². The highest BCUT2D eigenvalue weighted by molar-refractivity contribution is 7.16. The van der Waals surface area contributed by atoms with Crippen molar-refractivity contribution in [2.45, 2.75) is 20.4 Å². The van der Waals surface area contributed by atoms with Crippen LogP contribution in [0.3, 0.4) is 0 Å². The summed E-state index contributed by atoms with van der Waals surface area (Å²) in [6, 6.07) is 3.47. The third kappa shape index (κ3) is 2.69. The van der Waals surface area contributed by atoms with Crippen molar-refractivity contribution in [3.8, 4) is 0 Å². The molecule has 0 saturated carbocycles. The van der Waals surface area contributed by atoms with E-state index in [0.29, 0.717) is 19.0 Å². The summed E-state index contributed by atoms with van der Waals surface area (Å²) in [7, 11) is 1.71. The molecule has 6 heteroatoms. The highest BCUT2D eigenvalue weighted by atomic mass is 32.1. The van der Waals surface area contributed by atoms with Crippen LogP contribution in [0.4, 0.5) is 5.00 Å². The fourth-order valence-corrected chi connectivity index (χ4v) is 3.97. The lowest BCUT2D eigenvalue weighted by Gasteiger charge is -2.32. The molecule has 118 valence electrons. The number of hydrogen-bond donors (Lipinski definition) is 1. The van der Waals surface area contributed by atoms with Crippen molar-refractivity contribution < 1.29 is 18.8 Å². The second-order valence-corrected chi connectivity index (χ2v) is 6.81. The van der Waals surface area contributed by atoms with Crippen LogP contribution in [-0.4, -0.2) is 32.8 Å². The van der Waals surface area contributed by atoms with Crippen molar-refractivity contribution in [3.63, 3.8) is 0 Å². The third-order valence-electron chi connectivity index (χ3n) is 4.18. The number of fused-ring (bicyclic) bond motifs is 1. The molecular weight excluding hydrogens is 300 g/mol. The lowest BCUT2D eigenvalue weighted by atomic mass is 10.1. The van der Waals surface area contributed by atoms with Crippen LogP contribution < -0.4 is 9.80 Å². The van der Waals surface area contributed by atoms with E-state index in [0.717, 1.165) is 18.1 Å². The highest BCUT2D eigenvalue weighted by Gasteiger charge is 2.34. The minimum absolute atomic E-state index is 0.0675. The molecule has 1 unspecified atom stereocenters. The first kappa shape index (κ1) is 15.3. The number of carbonyl (C=O) groups is 1. The Kier molecular flexibility index (Phi) is 4.33. The highest BCUT2D eigenvalue weighted by Crippen LogP contribution is 2.36. The Bertz CT molecular complexity index is 663. The fraction of sp³-hybridized carbons (Fsp3) is 0.438. The molecule has 2 aromatic heterocycles. The molecule has 3 heterocycles. The third-order valence-corrected chi connectivity index (χ3v) is 5.45. The Hall–Kier alpha value is -1.63. The van der Waals surface area contributed by atoms with Crippen LogP contribution in [0.2, 0.25) is 0 Å². The van der Waals surface area contributed by atoms with Crippen LogP contribution in [0, 0.1) is 13.8 Å². The molecule has 1 aliphatic heterocycles. The summed E-state index contributed by atoms with van der Waals surface area (Å²) < 4.78 is 10.5. The first-order valence-electron chi connectivity index (χ1n) is 7.38. The number of anilines is 1. The molecule has 2 aromatic rings. The molecule has 0 fully saturated rings. The normalized spacial score (nSPS) is 17.6. The number of thiophene rings is 1. The molecule has 0 spiro atoms. The number of ether oxygens (including phenoxy) is 1. The van der Waals surface area contributed by atoms with E-state index in [1.165, 1.54) is 20.9 Å². The monoisotopic (exact) mass is 321 g/mol. The van der Waals surface area contributed by atoms with E-state index in [4.69, 9.17) is 9.15 Å². The van der Waals surface area contributed by atoms with Crippen LogP contribution in [0.1, 0.15) is 26.6 Å². The molecule has 5 nitrogen and oxygen atoms in total. The number of aryl methyl sites for hydroxylation is 1. The summed E-state index contributed by atoms with van der Waals surface area (Å²) in [6.07, 6.45) is 1.54. The number of furan rings is 1. The predicted molar refractivity (Wildman–Crippen MR) is 85.6 cm³/mol. The summed E-state index contributed by atoms with van der Waals surface area (Å²) in [4.78, 5) is 17.2. The Morgan fingerprint density at radius 1 is 1.50 bits per heavy atom. The summed E-state index contributed by atoms with van der Waals surface area (Å²) in [6.45, 7) is 7.41. The van der Waals surface area contributed by atoms with Gasteiger partial charge in [0, 0.05) is 17.6 Å². The van der Waals surface area contributed by atoms with E-state index < -0.39 is 0 Å². The number of amides is 1. The van der Waals surface area contributed by atoms with Gasteiger partial charge >= 0.3 is 0 Å². The van der Waals surface area contributed by atoms with Gasteiger partial charge in [0.1, 0.15) is 18.1 Å². The number of quaternary nitrogens is 1. The second kappa shape index (κ2) is 6.24. The van der Waals surface area contributed by atoms with Crippen molar-refractivity contribution in [2.75, 3.05) is 31.8 Å². The SMILES string of the molecule is COCC[NH+]1Cc2c(sc(C)c2C)N(C(=O)c2ccco2)C1. The van der Waals surface area contributed by atoms with Crippen LogP contribution in [0.15, 0.2) is 22.8 Å². The van der Waals surface area contributed by atoms with Gasteiger partial charge in [-0.25, -0.2) is 4.90 Å². The molecule has 0 radical (unpaired) electrons. The Morgan fingerprint density at radius 3 is 3.00 bits per heavy atom. The first-order chi connectivity index (χ1) is 10.6. The van der Waals surface area contributed by atoms with Gasteiger partial charge in [-0.2, -0.15) is 0 Å². The summed E-state index contributed by atoms with van der Waals surface area (Å²) in [5.41, 5.74) is 2.58. The standard InChI is InChI=1S/C16H20N2O3S/c1-11-12(2)22-16-13(11)9-17(6-8-20-3)10-18(16)15(19)14-5-4-7-21-14/h4-5,7H,6,8-10H2,1-3H3/p+1. The van der Waals surface area contributed by atoms with Gasteiger partial charge < -0.3 is 14.1 Å². The topological polar surface area (TPSA) is 47.1 Å². The largest absolute Gasteiger partial charge is 0.459 e. The first-order valence-corrected chi connectivity index (χ1v) is 8.20. The molecule has 0 saturated heterocycles. The van der Waals surface area contributed by atoms with E-state index in [1.54, 1.807) is 36.8 Å². The molecule has 0 bridgehead atoms. The average molecular weight is 321 g/mol. The van der Waals surface area contributed by atoms with Crippen LogP contribution in [-0.2, 0) is 11.3 Å². The minimum Gasteiger partial charge on any atom is -0.459 e. The number of hydrogen-bond acceptors (Lipinski definition) is 4. The van der Waals surface area contributed by atoms with Crippen molar-refractivity contribution in [3.05, 3.63) is 40.2 Å². The smallest absolute Gasteiger partial charge is 0.298 e. The molecule has 0 aliphatic carbocycles. The Morgan fingerprint density at radius 2 is 2.32 bits per heavy atom. The van der Waals surface area contributed by atoms with Gasteiger partial charge in [-0.1, -0.05) is 0 Å². The summed E-state index contributed by atoms with van der Waals surface area (Å²) >= 11 is 1.70. The van der Waals surface area contributed by atoms with Gasteiger partial charge in [0.2, 0.25) is 0 Å². The fourth-order valence-electron chi connectivity index (χ4n) is 2.79. The number of nitrogens with zero attached hydrogens (tertiary/aromatic N) is 1. The van der Waals surface area contributed by atoms with Crippen LogP contribution in [0.5, 0.6) is 0 Å². The van der Waals surface area contributed by atoms with Crippen molar-refractivity contribution in [1.82, 2.24) is 0 Å². The van der Waals surface area contributed by atoms with Gasteiger partial charge in [0.05, 0.1) is 12.9 Å². The predicted octanol–water partition coefficient (Wildman–Crippen LogP) is 1.61. The lowest BCUT2D eigenvalue weighted by molar-refractivity contribution is -0.914. The molecule has 1 N–H and O–H groups in total. The summed E-state index contributed by atoms with van der Waals surface area (Å²) in [5, 5.41) is 1.07. The maximum Gasteiger partial charge on any atom is 0.298 e. The second-order valence-electron chi connectivity index (χ2n) is 5.61. The van der Waals surface area contributed by atoms with Gasteiger partial charge in [-0.05, 0) is 31.5 Å². The van der Waals surface area contributed by atoms with Crippen LogP contribution >= 0.6 is 11.3 Å². The Labute approximate surface area is 134 Å². The molecule has 22 heavy (non-hydrogen) atoms. The minimum atomic E-state index is -0.0675. The Balaban J connectivity index is 1.94. The quantitative estimate of drug-likeness (QED) is 0.931. The maximum absolute atomic E-state index is 12.8. The average Bonchev–Trinajstić information content (AvgIpc) is 3.14. The van der Waals surface area contributed by atoms with Gasteiger partial charge in [-0.15, -0.1) is 11.3 Å². The molecule has 1 atom stereocenters. The van der Waals surface area contributed by atoms with Gasteiger partial charge in [0.15, 0.2) is 12.4 Å². The number of carbonyl (C=O) groups excluding carboxylic acids is 1. The number of nitrogens with one attached hydrogen (secondary N) is 1. The number of rotatable bonds is 4. The molecular formula is C16H21N2O3S+. The van der Waals surface area contributed by atoms with E-state index >= 15 is 0 Å². The molecule has 1 aliphatic rings. The van der Waals surface area contributed by atoms with Crippen molar-refractivity contribution in [1.29, 1.82) is 0 Å². The van der Waals surface area contributed by atoms with Crippen LogP contribution in [0.25, 0.3) is 0 Å². The van der Waals surface area contributed by atoms with Crippen molar-refractivity contribution >= 4 is 22.2 Å². The molecule has 1 amide bonds. The zero-order chi connectivity index (χ0) is 15.7. The van der Waals surface area contributed by atoms with E-state index in [9.17, 15) is 4.79 Å². The van der Waals surface area contributed by atoms with Crippen molar-refractivity contribution in [2.24, 2.45) is 0 Å². The zero-order valence-corrected chi connectivity index (χ0v) is 14.0. The molecule has 3 rings (SSSR count).